The Kier molecular flexibility index (Phi) is 16.7. The summed E-state index contributed by atoms with van der Waals surface area (Å²) in [6, 6.07) is 28.9. The molecule has 6 aromatic rings. The summed E-state index contributed by atoms with van der Waals surface area (Å²) in [6.07, 6.45) is 1.30. The van der Waals surface area contributed by atoms with E-state index in [1.165, 1.54) is 72.4 Å². The van der Waals surface area contributed by atoms with Crippen LogP contribution in [-0.2, 0) is 42.5 Å². The minimum absolute atomic E-state index is 0.0260. The zero-order valence-electron chi connectivity index (χ0n) is 38.3. The van der Waals surface area contributed by atoms with E-state index in [1.54, 1.807) is 0 Å². The number of carboxylic acid groups (broad SMARTS) is 1. The van der Waals surface area contributed by atoms with Gasteiger partial charge in [0.05, 0.1) is 29.4 Å². The second-order valence-electron chi connectivity index (χ2n) is 16.0. The van der Waals surface area contributed by atoms with Crippen molar-refractivity contribution in [3.8, 4) is 11.5 Å². The maximum atomic E-state index is 13.0. The van der Waals surface area contributed by atoms with Crippen LogP contribution in [0.3, 0.4) is 0 Å². The number of aromatic carboxylic acids is 1. The number of hydrogen-bond donors (Lipinski definition) is 6. The summed E-state index contributed by atoms with van der Waals surface area (Å²) in [7, 11) is -3.84. The Morgan fingerprint density at radius 2 is 1.11 bits per heavy atom. The van der Waals surface area contributed by atoms with Crippen molar-refractivity contribution in [2.75, 3.05) is 49.6 Å². The largest absolute Gasteiger partial charge is 0.489 e. The van der Waals surface area contributed by atoms with E-state index in [1.807, 2.05) is 60.7 Å². The number of ether oxygens (including phenoxy) is 2. The van der Waals surface area contributed by atoms with E-state index in [0.29, 0.717) is 47.2 Å². The van der Waals surface area contributed by atoms with Gasteiger partial charge in [0.2, 0.25) is 20.0 Å². The highest BCUT2D eigenvalue weighted by atomic mass is 32.2. The lowest BCUT2D eigenvalue weighted by atomic mass is 10.1. The second kappa shape index (κ2) is 22.6. The number of sulfonamides is 2. The zero-order valence-corrected chi connectivity index (χ0v) is 40.0. The van der Waals surface area contributed by atoms with Crippen LogP contribution in [0, 0.1) is 0 Å². The Hall–Kier alpha value is -7.97. The molecule has 4 aromatic carbocycles. The maximum absolute atomic E-state index is 13.0. The molecule has 71 heavy (non-hydrogen) atoms. The summed E-state index contributed by atoms with van der Waals surface area (Å²) in [6.45, 7) is -0.247. The minimum Gasteiger partial charge on any atom is -0.489 e. The summed E-state index contributed by atoms with van der Waals surface area (Å²) in [4.78, 5) is 65.0. The first kappa shape index (κ1) is 52.4. The molecular weight excluding hydrogens is 969 g/mol. The van der Waals surface area contributed by atoms with Crippen molar-refractivity contribution >= 4 is 61.0 Å². The van der Waals surface area contributed by atoms with Gasteiger partial charge in [0.1, 0.15) is 54.5 Å². The van der Waals surface area contributed by atoms with E-state index in [0.717, 1.165) is 23.6 Å². The number of anilines is 2. The number of primary sulfonamides is 1. The number of amides is 4. The van der Waals surface area contributed by atoms with Gasteiger partial charge in [0.15, 0.2) is 11.4 Å². The highest BCUT2D eigenvalue weighted by molar-refractivity contribution is 7.88. The van der Waals surface area contributed by atoms with Crippen LogP contribution in [0.4, 0.5) is 11.4 Å². The number of rotatable bonds is 12. The van der Waals surface area contributed by atoms with Crippen molar-refractivity contribution in [2.24, 2.45) is 5.14 Å². The van der Waals surface area contributed by atoms with E-state index in [4.69, 9.17) is 18.5 Å². The molecule has 0 aliphatic carbocycles. The van der Waals surface area contributed by atoms with Gasteiger partial charge in [-0.05, 0) is 47.0 Å². The summed E-state index contributed by atoms with van der Waals surface area (Å²) in [5, 5.41) is 36.5. The van der Waals surface area contributed by atoms with E-state index in [-0.39, 0.29) is 35.7 Å². The van der Waals surface area contributed by atoms with Crippen molar-refractivity contribution in [1.82, 2.24) is 25.7 Å². The number of nitrogens with one attached hydrogen (secondary N) is 3. The lowest BCUT2D eigenvalue weighted by Gasteiger charge is -2.21. The van der Waals surface area contributed by atoms with Gasteiger partial charge < -0.3 is 49.2 Å². The molecule has 1 unspecified atom stereocenters. The second-order valence-corrected chi connectivity index (χ2v) is 19.4. The molecule has 2 aromatic heterocycles. The zero-order chi connectivity index (χ0) is 51.6. The Bertz CT molecular complexity index is 3120. The fourth-order valence-electron chi connectivity index (χ4n) is 6.86. The number of likely N-dealkylation sites (N-methyl/N-ethyl adjacent to an activating group) is 2. The van der Waals surface area contributed by atoms with Crippen molar-refractivity contribution in [2.45, 2.75) is 31.2 Å². The lowest BCUT2D eigenvalue weighted by Crippen LogP contribution is -2.49. The first-order valence-electron chi connectivity index (χ1n) is 21.1. The molecule has 0 saturated carbocycles. The molecule has 23 nitrogen and oxygen atoms in total. The molecule has 4 amide bonds. The van der Waals surface area contributed by atoms with Crippen molar-refractivity contribution in [3.05, 3.63) is 154 Å². The number of hydrogen-bond acceptors (Lipinski definition) is 16. The highest BCUT2D eigenvalue weighted by Gasteiger charge is 2.34. The molecule has 4 heterocycles. The number of aromatic nitrogens is 2. The molecule has 374 valence electrons. The van der Waals surface area contributed by atoms with Crippen LogP contribution in [0.15, 0.2) is 118 Å². The topological polar surface area (TPSA) is 333 Å². The van der Waals surface area contributed by atoms with Crippen molar-refractivity contribution in [1.29, 1.82) is 0 Å². The molecule has 25 heteroatoms. The van der Waals surface area contributed by atoms with Gasteiger partial charge in [-0.2, -0.15) is 4.72 Å². The van der Waals surface area contributed by atoms with E-state index in [2.05, 4.69) is 30.8 Å². The quantitative estimate of drug-likeness (QED) is 0.0955. The van der Waals surface area contributed by atoms with Crippen LogP contribution in [0.5, 0.6) is 11.5 Å². The van der Waals surface area contributed by atoms with Gasteiger partial charge in [-0.1, -0.05) is 77.0 Å². The molecule has 0 saturated heterocycles. The highest BCUT2D eigenvalue weighted by Crippen LogP contribution is 2.34. The number of carbonyl (C=O) groups is 5. The van der Waals surface area contributed by atoms with Gasteiger partial charge in [-0.25, -0.2) is 26.8 Å². The molecule has 2 aliphatic heterocycles. The average Bonchev–Trinajstić information content (AvgIpc) is 3.96. The predicted molar refractivity (Wildman–Crippen MR) is 254 cm³/mol. The molecule has 0 spiro atoms. The number of carbonyl (C=O) groups excluding carboxylic acids is 4. The van der Waals surface area contributed by atoms with Crippen LogP contribution in [0.25, 0.3) is 0 Å². The number of benzene rings is 4. The predicted octanol–water partition coefficient (Wildman–Crippen LogP) is 1.98. The monoisotopic (exact) mass is 1020 g/mol. The van der Waals surface area contributed by atoms with Crippen LogP contribution in [-0.4, -0.2) is 119 Å². The van der Waals surface area contributed by atoms with E-state index >= 15 is 0 Å². The number of aliphatic hydroxyl groups excluding tert-OH is 1. The third-order valence-corrected chi connectivity index (χ3v) is 10.9. The Labute approximate surface area is 406 Å². The SMILES string of the molecule is CN1C(=O)[C@@H](NC(=O)c2cc(Cc3ccccc3)on2)COc2ccc(C(=O)O)cc21.CN1C(=O)[C@@H](NC(=O)c2cc(Cc3ccccc3)on2)COc2ccc(C(O)NS(C)(=O)=O)cc21.CS(N)(=O)=O. The van der Waals surface area contributed by atoms with Gasteiger partial charge >= 0.3 is 5.97 Å². The van der Waals surface area contributed by atoms with Gasteiger partial charge in [0.25, 0.3) is 23.6 Å². The third kappa shape index (κ3) is 14.8. The smallest absolute Gasteiger partial charge is 0.335 e. The fraction of sp³-hybridized carbons (Fsp3) is 0.239. The Morgan fingerprint density at radius 3 is 1.54 bits per heavy atom. The first-order chi connectivity index (χ1) is 33.5. The Balaban J connectivity index is 0.000000213. The van der Waals surface area contributed by atoms with Crippen LogP contribution in [0.1, 0.15) is 65.8 Å². The number of fused-ring (bicyclic) bond motifs is 2. The van der Waals surface area contributed by atoms with Crippen LogP contribution in [0.2, 0.25) is 0 Å². The van der Waals surface area contributed by atoms with Gasteiger partial charge in [-0.3, -0.25) is 19.2 Å². The van der Waals surface area contributed by atoms with Gasteiger partial charge in [0, 0.05) is 39.1 Å². The van der Waals surface area contributed by atoms with Gasteiger partial charge in [-0.15, -0.1) is 0 Å². The molecule has 0 fully saturated rings. The Morgan fingerprint density at radius 1 is 0.690 bits per heavy atom. The minimum atomic E-state index is -3.66. The maximum Gasteiger partial charge on any atom is 0.335 e. The molecule has 8 rings (SSSR count). The summed E-state index contributed by atoms with van der Waals surface area (Å²) < 4.78 is 65.6. The number of nitrogens with zero attached hydrogens (tertiary/aromatic N) is 4. The standard InChI is InChI=1S/C23H24N4O7S.C22H19N3O6.CH5NO2S/c1-27-19-11-15(21(28)26-35(2,31)32)8-9-20(19)33-13-18(23(27)30)24-22(29)17-12-16(34-25-17)10-14-6-4-3-5-7-14;1-25-18-10-14(22(28)29)7-8-19(18)30-12-17(21(25)27)23-20(26)16-11-15(31-24-16)9-13-5-3-2-4-6-13;1-5(2,3)4/h3-9,11-12,18,21,26,28H,10,13H2,1-2H3,(H,24,29);2-8,10-11,17H,9,12H2,1H3,(H,23,26)(H,28,29);1H3,(H2,2,3,4)/t18-,21?;17-;/m00./s1. The normalized spacial score (nSPS) is 15.9. The van der Waals surface area contributed by atoms with E-state index < -0.39 is 68.0 Å². The third-order valence-electron chi connectivity index (χ3n) is 10.3. The number of carboxylic acids is 1. The molecule has 2 aliphatic rings. The lowest BCUT2D eigenvalue weighted by molar-refractivity contribution is -0.121. The summed E-state index contributed by atoms with van der Waals surface area (Å²) in [5.41, 5.74) is 2.96. The molecular formula is C46H48N8O15S2. The summed E-state index contributed by atoms with van der Waals surface area (Å²) in [5.74, 6) is -1.48. The molecule has 7 N–H and O–H groups in total. The van der Waals surface area contributed by atoms with Crippen molar-refractivity contribution < 1.29 is 69.5 Å². The average molecular weight is 1020 g/mol. The van der Waals surface area contributed by atoms with E-state index in [9.17, 15) is 51.0 Å². The van der Waals surface area contributed by atoms with Crippen LogP contribution < -0.4 is 39.8 Å². The van der Waals surface area contributed by atoms with Crippen LogP contribution >= 0.6 is 0 Å². The summed E-state index contributed by atoms with van der Waals surface area (Å²) >= 11 is 0. The number of aliphatic hydroxyl groups is 1. The molecule has 3 atom stereocenters. The van der Waals surface area contributed by atoms with Crippen molar-refractivity contribution in [3.63, 3.8) is 0 Å². The fourth-order valence-corrected chi connectivity index (χ4v) is 7.40. The first-order valence-corrected chi connectivity index (χ1v) is 24.9. The number of nitrogens with two attached hydrogens (primary N) is 1. The molecule has 0 bridgehead atoms. The molecule has 0 radical (unpaired) electrons.